The highest BCUT2D eigenvalue weighted by atomic mass is 16.5. The van der Waals surface area contributed by atoms with E-state index in [1.165, 1.54) is 0 Å². The maximum Gasteiger partial charge on any atom is 0.175 e. The minimum atomic E-state index is -0.203. The Morgan fingerprint density at radius 1 is 0.742 bits per heavy atom. The second-order valence-electron chi connectivity index (χ2n) is 7.84. The van der Waals surface area contributed by atoms with Crippen LogP contribution in [0.2, 0.25) is 0 Å². The standard InChI is InChI=1S/C27H25NO3/c29-26-18-21(17-20-9-7-8-14-25(20)26)28-16-15-24(30-22-10-3-1-4-11-22)19-27(28)31-23-12-5-2-6-13-23/h1-14,17-18,24,27,29H,15-16,19H2. The largest absolute Gasteiger partial charge is 0.507 e. The maximum atomic E-state index is 10.6. The molecule has 5 rings (SSSR count). The van der Waals surface area contributed by atoms with Gasteiger partial charge in [-0.2, -0.15) is 0 Å². The van der Waals surface area contributed by atoms with Gasteiger partial charge in [-0.3, -0.25) is 0 Å². The molecular formula is C27H25NO3. The molecule has 4 nitrogen and oxygen atoms in total. The molecule has 31 heavy (non-hydrogen) atoms. The van der Waals surface area contributed by atoms with Crippen LogP contribution in [0, 0.1) is 0 Å². The van der Waals surface area contributed by atoms with Crippen LogP contribution < -0.4 is 14.4 Å². The van der Waals surface area contributed by atoms with Gasteiger partial charge >= 0.3 is 0 Å². The van der Waals surface area contributed by atoms with E-state index >= 15 is 0 Å². The minimum Gasteiger partial charge on any atom is -0.507 e. The van der Waals surface area contributed by atoms with Crippen LogP contribution in [-0.2, 0) is 0 Å². The molecule has 1 saturated heterocycles. The molecule has 0 amide bonds. The Morgan fingerprint density at radius 3 is 2.13 bits per heavy atom. The van der Waals surface area contributed by atoms with E-state index in [4.69, 9.17) is 9.47 Å². The maximum absolute atomic E-state index is 10.6. The van der Waals surface area contributed by atoms with Crippen LogP contribution in [-0.4, -0.2) is 24.0 Å². The lowest BCUT2D eigenvalue weighted by atomic mass is 10.0. The zero-order chi connectivity index (χ0) is 21.0. The Bertz CT molecular complexity index is 1150. The number of piperidine rings is 1. The van der Waals surface area contributed by atoms with Gasteiger partial charge in [-0.05, 0) is 35.7 Å². The third-order valence-corrected chi connectivity index (χ3v) is 5.72. The summed E-state index contributed by atoms with van der Waals surface area (Å²) in [5, 5.41) is 12.5. The molecule has 0 bridgehead atoms. The molecule has 0 aliphatic carbocycles. The SMILES string of the molecule is Oc1cc(N2CCC(Oc3ccccc3)CC2Oc2ccccc2)cc2ccccc12. The van der Waals surface area contributed by atoms with Crippen LogP contribution in [0.5, 0.6) is 17.2 Å². The number of phenolic OH excluding ortho intramolecular Hbond substituents is 1. The minimum absolute atomic E-state index is 0.0569. The van der Waals surface area contributed by atoms with Crippen molar-refractivity contribution in [3.05, 3.63) is 97.1 Å². The third kappa shape index (κ3) is 4.29. The number of benzene rings is 4. The van der Waals surface area contributed by atoms with Crippen molar-refractivity contribution < 1.29 is 14.6 Å². The number of hydrogen-bond acceptors (Lipinski definition) is 4. The van der Waals surface area contributed by atoms with Crippen molar-refractivity contribution in [2.75, 3.05) is 11.4 Å². The van der Waals surface area contributed by atoms with Crippen molar-refractivity contribution in [2.45, 2.75) is 25.2 Å². The predicted octanol–water partition coefficient (Wildman–Crippen LogP) is 6.00. The average Bonchev–Trinajstić information content (AvgIpc) is 2.81. The van der Waals surface area contributed by atoms with Crippen LogP contribution in [0.15, 0.2) is 97.1 Å². The normalized spacial score (nSPS) is 18.6. The van der Waals surface area contributed by atoms with Gasteiger partial charge in [0.1, 0.15) is 23.4 Å². The van der Waals surface area contributed by atoms with Gasteiger partial charge in [-0.1, -0.05) is 60.7 Å². The second-order valence-corrected chi connectivity index (χ2v) is 7.84. The second kappa shape index (κ2) is 8.60. The molecule has 4 heteroatoms. The van der Waals surface area contributed by atoms with E-state index < -0.39 is 0 Å². The number of fused-ring (bicyclic) bond motifs is 1. The highest BCUT2D eigenvalue weighted by Crippen LogP contribution is 2.35. The summed E-state index contributed by atoms with van der Waals surface area (Å²) in [5.74, 6) is 1.99. The lowest BCUT2D eigenvalue weighted by molar-refractivity contribution is 0.0778. The number of rotatable bonds is 5. The molecule has 2 atom stereocenters. The summed E-state index contributed by atoms with van der Waals surface area (Å²) < 4.78 is 12.7. The van der Waals surface area contributed by atoms with E-state index in [1.54, 1.807) is 0 Å². The fraction of sp³-hybridized carbons (Fsp3) is 0.185. The number of nitrogens with zero attached hydrogens (tertiary/aromatic N) is 1. The molecule has 1 fully saturated rings. The summed E-state index contributed by atoms with van der Waals surface area (Å²) in [4.78, 5) is 2.23. The molecule has 156 valence electrons. The molecule has 0 spiro atoms. The smallest absolute Gasteiger partial charge is 0.175 e. The van der Waals surface area contributed by atoms with Crippen LogP contribution >= 0.6 is 0 Å². The summed E-state index contributed by atoms with van der Waals surface area (Å²) in [6.45, 7) is 0.771. The van der Waals surface area contributed by atoms with E-state index in [1.807, 2.05) is 91.0 Å². The Labute approximate surface area is 182 Å². The molecule has 4 aromatic rings. The highest BCUT2D eigenvalue weighted by Gasteiger charge is 2.32. The van der Waals surface area contributed by atoms with Gasteiger partial charge in [-0.15, -0.1) is 0 Å². The van der Waals surface area contributed by atoms with Crippen LogP contribution in [0.25, 0.3) is 10.8 Å². The van der Waals surface area contributed by atoms with Crippen molar-refractivity contribution in [1.82, 2.24) is 0 Å². The number of ether oxygens (including phenoxy) is 2. The van der Waals surface area contributed by atoms with Gasteiger partial charge in [0.2, 0.25) is 0 Å². The lowest BCUT2D eigenvalue weighted by Crippen LogP contribution is -2.49. The van der Waals surface area contributed by atoms with E-state index in [2.05, 4.69) is 11.0 Å². The predicted molar refractivity (Wildman–Crippen MR) is 124 cm³/mol. The zero-order valence-corrected chi connectivity index (χ0v) is 17.2. The molecule has 4 aromatic carbocycles. The lowest BCUT2D eigenvalue weighted by Gasteiger charge is -2.40. The number of hydrogen-bond donors (Lipinski definition) is 1. The summed E-state index contributed by atoms with van der Waals surface area (Å²) in [7, 11) is 0. The first-order chi connectivity index (χ1) is 15.3. The van der Waals surface area contributed by atoms with E-state index in [0.29, 0.717) is 0 Å². The highest BCUT2D eigenvalue weighted by molar-refractivity contribution is 5.91. The fourth-order valence-electron chi connectivity index (χ4n) is 4.20. The number of phenols is 1. The molecular weight excluding hydrogens is 386 g/mol. The Hall–Kier alpha value is -3.66. The van der Waals surface area contributed by atoms with Crippen molar-refractivity contribution in [3.63, 3.8) is 0 Å². The fourth-order valence-corrected chi connectivity index (χ4v) is 4.20. The molecule has 1 aliphatic heterocycles. The van der Waals surface area contributed by atoms with E-state index in [-0.39, 0.29) is 18.1 Å². The van der Waals surface area contributed by atoms with Crippen LogP contribution in [0.3, 0.4) is 0 Å². The van der Waals surface area contributed by atoms with Gasteiger partial charge in [0.25, 0.3) is 0 Å². The topological polar surface area (TPSA) is 41.9 Å². The zero-order valence-electron chi connectivity index (χ0n) is 17.2. The average molecular weight is 412 g/mol. The molecule has 0 aromatic heterocycles. The summed E-state index contributed by atoms with van der Waals surface area (Å²) in [6, 6.07) is 31.7. The summed E-state index contributed by atoms with van der Waals surface area (Å²) in [5.41, 5.74) is 0.954. The molecule has 1 aliphatic rings. The molecule has 0 saturated carbocycles. The first-order valence-electron chi connectivity index (χ1n) is 10.7. The van der Waals surface area contributed by atoms with Crippen molar-refractivity contribution in [1.29, 1.82) is 0 Å². The van der Waals surface area contributed by atoms with E-state index in [0.717, 1.165) is 47.3 Å². The first-order valence-corrected chi connectivity index (χ1v) is 10.7. The van der Waals surface area contributed by atoms with Gasteiger partial charge in [0.05, 0.1) is 0 Å². The van der Waals surface area contributed by atoms with Crippen LogP contribution in [0.4, 0.5) is 5.69 Å². The summed E-state index contributed by atoms with van der Waals surface area (Å²) >= 11 is 0. The van der Waals surface area contributed by atoms with Crippen molar-refractivity contribution >= 4 is 16.5 Å². The van der Waals surface area contributed by atoms with Gasteiger partial charge in [-0.25, -0.2) is 0 Å². The molecule has 1 heterocycles. The molecule has 2 unspecified atom stereocenters. The Morgan fingerprint density at radius 2 is 1.39 bits per heavy atom. The number of anilines is 1. The van der Waals surface area contributed by atoms with Gasteiger partial charge in [0, 0.05) is 36.5 Å². The van der Waals surface area contributed by atoms with E-state index in [9.17, 15) is 5.11 Å². The third-order valence-electron chi connectivity index (χ3n) is 5.72. The summed E-state index contributed by atoms with van der Waals surface area (Å²) in [6.07, 6.45) is 1.45. The number of para-hydroxylation sites is 2. The van der Waals surface area contributed by atoms with Crippen molar-refractivity contribution in [3.8, 4) is 17.2 Å². The first kappa shape index (κ1) is 19.3. The number of aromatic hydroxyl groups is 1. The molecule has 1 N–H and O–H groups in total. The Balaban J connectivity index is 1.44. The molecule has 0 radical (unpaired) electrons. The Kier molecular flexibility index (Phi) is 5.36. The monoisotopic (exact) mass is 411 g/mol. The van der Waals surface area contributed by atoms with Gasteiger partial charge < -0.3 is 19.5 Å². The quantitative estimate of drug-likeness (QED) is 0.437. The van der Waals surface area contributed by atoms with Gasteiger partial charge in [0.15, 0.2) is 6.23 Å². The van der Waals surface area contributed by atoms with Crippen LogP contribution in [0.1, 0.15) is 12.8 Å². The van der Waals surface area contributed by atoms with Crippen molar-refractivity contribution in [2.24, 2.45) is 0 Å².